The molecule has 4 aromatic rings. The first-order valence-electron chi connectivity index (χ1n) is 9.17. The van der Waals surface area contributed by atoms with E-state index in [-0.39, 0.29) is 5.95 Å². The van der Waals surface area contributed by atoms with Crippen LogP contribution in [0.2, 0.25) is 0 Å². The molecule has 0 aliphatic heterocycles. The van der Waals surface area contributed by atoms with Crippen molar-refractivity contribution in [2.24, 2.45) is 0 Å². The first kappa shape index (κ1) is 18.7. The quantitative estimate of drug-likeness (QED) is 0.542. The summed E-state index contributed by atoms with van der Waals surface area (Å²) in [5.74, 6) is 0.198. The highest BCUT2D eigenvalue weighted by Crippen LogP contribution is 2.25. The molecule has 8 heteroatoms. The number of anilines is 1. The van der Waals surface area contributed by atoms with E-state index in [0.29, 0.717) is 24.5 Å². The van der Waals surface area contributed by atoms with Gasteiger partial charge in [-0.05, 0) is 30.7 Å². The average Bonchev–Trinajstić information content (AvgIpc) is 3.17. The van der Waals surface area contributed by atoms with Gasteiger partial charge >= 0.3 is 0 Å². The van der Waals surface area contributed by atoms with Crippen LogP contribution in [0.4, 0.5) is 5.95 Å². The van der Waals surface area contributed by atoms with Gasteiger partial charge in [-0.1, -0.05) is 35.5 Å². The van der Waals surface area contributed by atoms with Crippen LogP contribution in [-0.4, -0.2) is 37.1 Å². The van der Waals surface area contributed by atoms with E-state index in [1.807, 2.05) is 61.7 Å². The molecule has 0 radical (unpaired) electrons. The molecular weight excluding hydrogens is 366 g/mol. The molecule has 0 saturated heterocycles. The predicted molar refractivity (Wildman–Crippen MR) is 110 cm³/mol. The minimum Gasteiger partial charge on any atom is -0.378 e. The van der Waals surface area contributed by atoms with Gasteiger partial charge in [0.2, 0.25) is 5.95 Å². The monoisotopic (exact) mass is 387 g/mol. The van der Waals surface area contributed by atoms with E-state index < -0.39 is 0 Å². The normalized spacial score (nSPS) is 11.0. The molecule has 0 fully saturated rings. The Bertz CT molecular complexity index is 1140. The molecular formula is C21H21N7O. The molecule has 29 heavy (non-hydrogen) atoms. The Kier molecular flexibility index (Phi) is 5.26. The number of rotatable bonds is 6. The number of methoxy groups -OCH3 is 1. The van der Waals surface area contributed by atoms with Crippen LogP contribution in [0.3, 0.4) is 0 Å². The molecule has 0 aliphatic rings. The average molecular weight is 387 g/mol. The van der Waals surface area contributed by atoms with Crippen LogP contribution in [0.5, 0.6) is 0 Å². The van der Waals surface area contributed by atoms with Gasteiger partial charge < -0.3 is 10.5 Å². The van der Waals surface area contributed by atoms with Crippen LogP contribution in [-0.2, 0) is 17.9 Å². The largest absolute Gasteiger partial charge is 0.378 e. The zero-order valence-electron chi connectivity index (χ0n) is 16.3. The third-order valence-electron chi connectivity index (χ3n) is 4.45. The second kappa shape index (κ2) is 8.15. The van der Waals surface area contributed by atoms with Gasteiger partial charge in [0.15, 0.2) is 0 Å². The number of pyridine rings is 1. The maximum Gasteiger partial charge on any atom is 0.221 e. The van der Waals surface area contributed by atoms with E-state index in [0.717, 1.165) is 28.2 Å². The lowest BCUT2D eigenvalue weighted by molar-refractivity contribution is 0.181. The highest BCUT2D eigenvalue weighted by molar-refractivity contribution is 5.69. The molecule has 8 nitrogen and oxygen atoms in total. The first-order chi connectivity index (χ1) is 14.1. The SMILES string of the molecule is COCc1cccc(Cn2cc(-c3cc(-c4ccccc4C)nc(N)n3)nn2)n1. The third-order valence-corrected chi connectivity index (χ3v) is 4.45. The number of benzene rings is 1. The van der Waals surface area contributed by atoms with Gasteiger partial charge in [0, 0.05) is 12.7 Å². The van der Waals surface area contributed by atoms with E-state index in [2.05, 4.69) is 25.3 Å². The smallest absolute Gasteiger partial charge is 0.221 e. The van der Waals surface area contributed by atoms with Crippen LogP contribution in [0.1, 0.15) is 17.0 Å². The van der Waals surface area contributed by atoms with Crippen molar-refractivity contribution in [2.75, 3.05) is 12.8 Å². The molecule has 0 unspecified atom stereocenters. The molecule has 0 saturated carbocycles. The maximum atomic E-state index is 5.96. The molecule has 3 heterocycles. The molecule has 0 atom stereocenters. The second-order valence-corrected chi connectivity index (χ2v) is 6.67. The lowest BCUT2D eigenvalue weighted by Gasteiger charge is -2.07. The Morgan fingerprint density at radius 3 is 2.55 bits per heavy atom. The van der Waals surface area contributed by atoms with E-state index >= 15 is 0 Å². The molecule has 3 aromatic heterocycles. The summed E-state index contributed by atoms with van der Waals surface area (Å²) in [6.07, 6.45) is 1.83. The maximum absolute atomic E-state index is 5.96. The van der Waals surface area contributed by atoms with Crippen LogP contribution in [0.15, 0.2) is 54.7 Å². The minimum atomic E-state index is 0.198. The summed E-state index contributed by atoms with van der Waals surface area (Å²) in [6.45, 7) is 3.00. The van der Waals surface area contributed by atoms with Gasteiger partial charge in [0.05, 0.1) is 42.1 Å². The Hall–Kier alpha value is -3.65. The van der Waals surface area contributed by atoms with E-state index in [1.54, 1.807) is 11.8 Å². The summed E-state index contributed by atoms with van der Waals surface area (Å²) < 4.78 is 6.86. The van der Waals surface area contributed by atoms with Crippen molar-refractivity contribution < 1.29 is 4.74 Å². The zero-order chi connectivity index (χ0) is 20.2. The molecule has 146 valence electrons. The Morgan fingerprint density at radius 1 is 0.931 bits per heavy atom. The molecule has 4 rings (SSSR count). The van der Waals surface area contributed by atoms with Gasteiger partial charge in [-0.3, -0.25) is 4.98 Å². The highest BCUT2D eigenvalue weighted by atomic mass is 16.5. The fraction of sp³-hybridized carbons (Fsp3) is 0.190. The van der Waals surface area contributed by atoms with Gasteiger partial charge in [0.1, 0.15) is 5.69 Å². The Balaban J connectivity index is 1.61. The van der Waals surface area contributed by atoms with Crippen molar-refractivity contribution in [2.45, 2.75) is 20.1 Å². The topological polar surface area (TPSA) is 105 Å². The predicted octanol–water partition coefficient (Wildman–Crippen LogP) is 2.88. The number of nitrogens with two attached hydrogens (primary N) is 1. The van der Waals surface area contributed by atoms with Crippen molar-refractivity contribution in [3.8, 4) is 22.6 Å². The lowest BCUT2D eigenvalue weighted by Crippen LogP contribution is -2.04. The molecule has 2 N–H and O–H groups in total. The number of nitrogens with zero attached hydrogens (tertiary/aromatic N) is 6. The fourth-order valence-electron chi connectivity index (χ4n) is 3.10. The summed E-state index contributed by atoms with van der Waals surface area (Å²) in [5.41, 5.74) is 11.8. The van der Waals surface area contributed by atoms with Crippen molar-refractivity contribution in [1.29, 1.82) is 0 Å². The van der Waals surface area contributed by atoms with E-state index in [4.69, 9.17) is 10.5 Å². The highest BCUT2D eigenvalue weighted by Gasteiger charge is 2.12. The summed E-state index contributed by atoms with van der Waals surface area (Å²) in [5, 5.41) is 8.46. The van der Waals surface area contributed by atoms with Crippen LogP contribution >= 0.6 is 0 Å². The van der Waals surface area contributed by atoms with Gasteiger partial charge in [-0.2, -0.15) is 0 Å². The summed E-state index contributed by atoms with van der Waals surface area (Å²) in [6, 6.07) is 15.7. The summed E-state index contributed by atoms with van der Waals surface area (Å²) >= 11 is 0. The standard InChI is InChI=1S/C21H21N7O/c1-14-6-3-4-9-17(14)18-10-19(25-21(22)24-18)20-12-28(27-26-20)11-15-7-5-8-16(23-15)13-29-2/h3-10,12H,11,13H2,1-2H3,(H2,22,24,25). The number of hydrogen-bond donors (Lipinski definition) is 1. The fourth-order valence-corrected chi connectivity index (χ4v) is 3.10. The number of hydrogen-bond acceptors (Lipinski definition) is 7. The van der Waals surface area contributed by atoms with Gasteiger partial charge in [-0.15, -0.1) is 5.10 Å². The van der Waals surface area contributed by atoms with Gasteiger partial charge in [0.25, 0.3) is 0 Å². The molecule has 0 bridgehead atoms. The van der Waals surface area contributed by atoms with Crippen LogP contribution in [0, 0.1) is 6.92 Å². The Morgan fingerprint density at radius 2 is 1.72 bits per heavy atom. The molecule has 0 spiro atoms. The molecule has 0 amide bonds. The van der Waals surface area contributed by atoms with Crippen molar-refractivity contribution >= 4 is 5.95 Å². The van der Waals surface area contributed by atoms with Crippen molar-refractivity contribution in [3.05, 3.63) is 71.7 Å². The Labute approximate surface area is 168 Å². The number of aromatic nitrogens is 6. The van der Waals surface area contributed by atoms with Crippen molar-refractivity contribution in [1.82, 2.24) is 29.9 Å². The molecule has 1 aromatic carbocycles. The second-order valence-electron chi connectivity index (χ2n) is 6.67. The summed E-state index contributed by atoms with van der Waals surface area (Å²) in [7, 11) is 1.65. The van der Waals surface area contributed by atoms with E-state index in [9.17, 15) is 0 Å². The zero-order valence-corrected chi connectivity index (χ0v) is 16.3. The molecule has 0 aliphatic carbocycles. The third kappa shape index (κ3) is 4.27. The minimum absolute atomic E-state index is 0.198. The van der Waals surface area contributed by atoms with Crippen LogP contribution < -0.4 is 5.73 Å². The lowest BCUT2D eigenvalue weighted by atomic mass is 10.0. The van der Waals surface area contributed by atoms with Crippen LogP contribution in [0.25, 0.3) is 22.6 Å². The number of aryl methyl sites for hydroxylation is 1. The van der Waals surface area contributed by atoms with Gasteiger partial charge in [-0.25, -0.2) is 14.6 Å². The number of nitrogen functional groups attached to an aromatic ring is 1. The number of ether oxygens (including phenoxy) is 1. The summed E-state index contributed by atoms with van der Waals surface area (Å²) in [4.78, 5) is 13.3. The van der Waals surface area contributed by atoms with E-state index in [1.165, 1.54) is 0 Å². The first-order valence-corrected chi connectivity index (χ1v) is 9.17. The van der Waals surface area contributed by atoms with Crippen molar-refractivity contribution in [3.63, 3.8) is 0 Å².